The summed E-state index contributed by atoms with van der Waals surface area (Å²) in [7, 11) is 0. The molecule has 8 heteroatoms. The lowest BCUT2D eigenvalue weighted by Gasteiger charge is -2.17. The number of benzene rings is 2. The van der Waals surface area contributed by atoms with E-state index >= 15 is 0 Å². The zero-order chi connectivity index (χ0) is 21.0. The minimum absolute atomic E-state index is 0.0263. The number of ether oxygens (including phenoxy) is 1. The Kier molecular flexibility index (Phi) is 6.52. The Balaban J connectivity index is 1.57. The van der Waals surface area contributed by atoms with Crippen LogP contribution in [0, 0.1) is 0 Å². The van der Waals surface area contributed by atoms with Gasteiger partial charge in [0.2, 0.25) is 5.91 Å². The number of thioether (sulfide) groups is 1. The topological polar surface area (TPSA) is 55.4 Å². The molecule has 0 radical (unpaired) electrons. The molecule has 0 spiro atoms. The number of carbonyl (C=O) groups is 2. The molecule has 1 aliphatic rings. The van der Waals surface area contributed by atoms with E-state index in [0.717, 1.165) is 41.4 Å². The van der Waals surface area contributed by atoms with E-state index in [2.05, 4.69) is 5.32 Å². The van der Waals surface area contributed by atoms with Gasteiger partial charge in [-0.25, -0.2) is 0 Å². The molecule has 1 fully saturated rings. The van der Waals surface area contributed by atoms with Crippen LogP contribution in [-0.2, 0) is 17.4 Å². The highest BCUT2D eigenvalue weighted by Gasteiger charge is 2.31. The number of imide groups is 1. The van der Waals surface area contributed by atoms with Crippen LogP contribution in [0.3, 0.4) is 0 Å². The average Bonchev–Trinajstić information content (AvgIpc) is 3.00. The number of halogens is 3. The second kappa shape index (κ2) is 8.90. The molecule has 29 heavy (non-hydrogen) atoms. The lowest BCUT2D eigenvalue weighted by molar-refractivity contribution is -0.137. The third-order valence-electron chi connectivity index (χ3n) is 4.76. The molecular weight excluding hydrogens is 403 g/mol. The molecule has 2 atom stereocenters. The van der Waals surface area contributed by atoms with Crippen LogP contribution in [0.5, 0.6) is 5.75 Å². The third kappa shape index (κ3) is 5.53. The molecule has 2 aromatic carbocycles. The number of alkyl halides is 3. The van der Waals surface area contributed by atoms with E-state index in [1.54, 1.807) is 12.1 Å². The minimum atomic E-state index is -4.34. The second-order valence-electron chi connectivity index (χ2n) is 6.77. The number of amides is 2. The van der Waals surface area contributed by atoms with E-state index in [-0.39, 0.29) is 17.1 Å². The van der Waals surface area contributed by atoms with Crippen molar-refractivity contribution in [2.75, 3.05) is 6.61 Å². The predicted octanol–water partition coefficient (Wildman–Crippen LogP) is 5.17. The van der Waals surface area contributed by atoms with Crippen molar-refractivity contribution in [3.8, 4) is 5.75 Å². The first-order valence-electron chi connectivity index (χ1n) is 9.16. The summed E-state index contributed by atoms with van der Waals surface area (Å²) in [6, 6.07) is 12.4. The Bertz CT molecular complexity index is 866. The van der Waals surface area contributed by atoms with E-state index < -0.39 is 17.0 Å². The first kappa shape index (κ1) is 21.2. The molecular formula is C21H20F3NO3S. The highest BCUT2D eigenvalue weighted by atomic mass is 32.2. The van der Waals surface area contributed by atoms with Crippen molar-refractivity contribution in [2.24, 2.45) is 0 Å². The summed E-state index contributed by atoms with van der Waals surface area (Å²) in [6.07, 6.45) is -3.17. The van der Waals surface area contributed by atoms with Gasteiger partial charge in [-0.15, -0.1) is 0 Å². The van der Waals surface area contributed by atoms with Gasteiger partial charge < -0.3 is 4.74 Å². The summed E-state index contributed by atoms with van der Waals surface area (Å²) in [5.74, 6) is 0.336. The van der Waals surface area contributed by atoms with Gasteiger partial charge in [-0.1, -0.05) is 43.0 Å². The minimum Gasteiger partial charge on any atom is -0.493 e. The van der Waals surface area contributed by atoms with E-state index in [1.165, 1.54) is 12.1 Å². The van der Waals surface area contributed by atoms with Gasteiger partial charge in [-0.3, -0.25) is 14.9 Å². The lowest BCUT2D eigenvalue weighted by atomic mass is 9.96. The molecule has 154 valence electrons. The van der Waals surface area contributed by atoms with Crippen LogP contribution >= 0.6 is 11.8 Å². The third-order valence-corrected chi connectivity index (χ3v) is 5.75. The predicted molar refractivity (Wildman–Crippen MR) is 105 cm³/mol. The van der Waals surface area contributed by atoms with Crippen LogP contribution in [0.4, 0.5) is 18.0 Å². The Morgan fingerprint density at radius 2 is 1.72 bits per heavy atom. The summed E-state index contributed by atoms with van der Waals surface area (Å²) in [5.41, 5.74) is 1.05. The first-order valence-corrected chi connectivity index (χ1v) is 10.0. The zero-order valence-electron chi connectivity index (χ0n) is 15.7. The first-order chi connectivity index (χ1) is 13.8. The average molecular weight is 423 g/mol. The van der Waals surface area contributed by atoms with Gasteiger partial charge in [0, 0.05) is 5.92 Å². The van der Waals surface area contributed by atoms with E-state index in [0.29, 0.717) is 18.8 Å². The van der Waals surface area contributed by atoms with Crippen LogP contribution in [-0.4, -0.2) is 23.0 Å². The summed E-state index contributed by atoms with van der Waals surface area (Å²) in [6.45, 7) is 2.30. The molecule has 2 amide bonds. The van der Waals surface area contributed by atoms with Crippen LogP contribution in [0.1, 0.15) is 36.0 Å². The molecule has 1 heterocycles. The molecule has 2 unspecified atom stereocenters. The smallest absolute Gasteiger partial charge is 0.416 e. The number of nitrogens with one attached hydrogen (secondary N) is 1. The number of carbonyl (C=O) groups excluding carboxylic acids is 2. The van der Waals surface area contributed by atoms with Crippen LogP contribution in [0.15, 0.2) is 48.5 Å². The molecule has 2 aromatic rings. The molecule has 0 aliphatic carbocycles. The molecule has 0 bridgehead atoms. The summed E-state index contributed by atoms with van der Waals surface area (Å²) >= 11 is 0.989. The highest BCUT2D eigenvalue weighted by molar-refractivity contribution is 8.15. The van der Waals surface area contributed by atoms with E-state index in [9.17, 15) is 22.8 Å². The van der Waals surface area contributed by atoms with Crippen LogP contribution < -0.4 is 10.1 Å². The highest BCUT2D eigenvalue weighted by Crippen LogP contribution is 2.31. The van der Waals surface area contributed by atoms with E-state index in [4.69, 9.17) is 4.74 Å². The van der Waals surface area contributed by atoms with Crippen molar-refractivity contribution in [1.29, 1.82) is 0 Å². The monoisotopic (exact) mass is 423 g/mol. The molecule has 1 saturated heterocycles. The zero-order valence-corrected chi connectivity index (χ0v) is 16.5. The fourth-order valence-corrected chi connectivity index (χ4v) is 3.91. The van der Waals surface area contributed by atoms with Crippen molar-refractivity contribution in [3.05, 3.63) is 65.2 Å². The van der Waals surface area contributed by atoms with Gasteiger partial charge in [0.25, 0.3) is 5.24 Å². The van der Waals surface area contributed by atoms with Crippen LogP contribution in [0.25, 0.3) is 0 Å². The van der Waals surface area contributed by atoms with Crippen molar-refractivity contribution in [2.45, 2.75) is 37.1 Å². The Morgan fingerprint density at radius 3 is 2.24 bits per heavy atom. The van der Waals surface area contributed by atoms with Gasteiger partial charge in [-0.05, 0) is 48.2 Å². The summed E-state index contributed by atoms with van der Waals surface area (Å²) < 4.78 is 43.9. The molecule has 0 aromatic heterocycles. The van der Waals surface area contributed by atoms with E-state index in [1.807, 2.05) is 19.1 Å². The van der Waals surface area contributed by atoms with Gasteiger partial charge in [0.1, 0.15) is 5.75 Å². The Morgan fingerprint density at radius 1 is 1.07 bits per heavy atom. The van der Waals surface area contributed by atoms with Gasteiger partial charge in [-0.2, -0.15) is 13.2 Å². The SMILES string of the molecule is CCC(COc1ccc(CC2SC(=O)NC2=O)cc1)c1ccc(C(F)(F)F)cc1. The standard InChI is InChI=1S/C21H20F3NO3S/c1-2-14(15-5-7-16(8-6-15)21(22,23)24)12-28-17-9-3-13(4-10-17)11-18-19(26)25-20(27)29-18/h3-10,14,18H,2,11-12H2,1H3,(H,25,26,27). The van der Waals surface area contributed by atoms with Crippen molar-refractivity contribution < 1.29 is 27.5 Å². The normalized spacial score (nSPS) is 17.9. The number of hydrogen-bond acceptors (Lipinski definition) is 4. The molecule has 1 aliphatic heterocycles. The fourth-order valence-electron chi connectivity index (χ4n) is 3.05. The maximum absolute atomic E-state index is 12.7. The second-order valence-corrected chi connectivity index (χ2v) is 7.94. The van der Waals surface area contributed by atoms with Crippen molar-refractivity contribution >= 4 is 22.9 Å². The molecule has 1 N–H and O–H groups in total. The maximum Gasteiger partial charge on any atom is 0.416 e. The summed E-state index contributed by atoms with van der Waals surface area (Å²) in [5, 5.41) is 1.52. The Labute approximate surface area is 170 Å². The van der Waals surface area contributed by atoms with Gasteiger partial charge in [0.15, 0.2) is 0 Å². The fraction of sp³-hybridized carbons (Fsp3) is 0.333. The van der Waals surface area contributed by atoms with Crippen molar-refractivity contribution in [1.82, 2.24) is 5.32 Å². The summed E-state index contributed by atoms with van der Waals surface area (Å²) in [4.78, 5) is 22.9. The van der Waals surface area contributed by atoms with Gasteiger partial charge >= 0.3 is 6.18 Å². The number of hydrogen-bond donors (Lipinski definition) is 1. The van der Waals surface area contributed by atoms with Crippen LogP contribution in [0.2, 0.25) is 0 Å². The number of rotatable bonds is 7. The molecule has 0 saturated carbocycles. The van der Waals surface area contributed by atoms with Gasteiger partial charge in [0.05, 0.1) is 17.4 Å². The molecule has 4 nitrogen and oxygen atoms in total. The molecule has 3 rings (SSSR count). The maximum atomic E-state index is 12.7. The lowest BCUT2D eigenvalue weighted by Crippen LogP contribution is -2.25. The quantitative estimate of drug-likeness (QED) is 0.667. The Hall–Kier alpha value is -2.48. The largest absolute Gasteiger partial charge is 0.493 e. The van der Waals surface area contributed by atoms with Crippen molar-refractivity contribution in [3.63, 3.8) is 0 Å².